The lowest BCUT2D eigenvalue weighted by molar-refractivity contribution is -0.116. The van der Waals surface area contributed by atoms with E-state index in [1.54, 1.807) is 31.2 Å². The Balaban J connectivity index is 1.85. The molecule has 0 radical (unpaired) electrons. The van der Waals surface area contributed by atoms with Crippen LogP contribution in [-0.2, 0) is 21.4 Å². The molecule has 0 unspecified atom stereocenters. The third-order valence-corrected chi connectivity index (χ3v) is 6.16. The topological polar surface area (TPSA) is 79.6 Å². The van der Waals surface area contributed by atoms with E-state index in [9.17, 15) is 17.6 Å². The minimum atomic E-state index is -3.95. The molecule has 8 heteroatoms. The Morgan fingerprint density at radius 1 is 1.10 bits per heavy atom. The summed E-state index contributed by atoms with van der Waals surface area (Å²) in [5.41, 5.74) is 1.88. The van der Waals surface area contributed by atoms with Gasteiger partial charge in [-0.1, -0.05) is 17.7 Å². The Labute approximate surface area is 169 Å². The van der Waals surface area contributed by atoms with E-state index in [4.69, 9.17) is 4.42 Å². The van der Waals surface area contributed by atoms with Gasteiger partial charge >= 0.3 is 0 Å². The van der Waals surface area contributed by atoms with E-state index in [2.05, 4.69) is 5.32 Å². The summed E-state index contributed by atoms with van der Waals surface area (Å²) in [6.07, 6.45) is 1.44. The van der Waals surface area contributed by atoms with Crippen molar-refractivity contribution in [1.82, 2.24) is 4.31 Å². The molecule has 0 aliphatic heterocycles. The predicted molar refractivity (Wildman–Crippen MR) is 107 cm³/mol. The molecule has 1 aromatic heterocycles. The van der Waals surface area contributed by atoms with Gasteiger partial charge < -0.3 is 9.73 Å². The van der Waals surface area contributed by atoms with Crippen LogP contribution in [-0.4, -0.2) is 25.2 Å². The Hall–Kier alpha value is -2.97. The highest BCUT2D eigenvalue weighted by Crippen LogP contribution is 2.20. The van der Waals surface area contributed by atoms with E-state index < -0.39 is 28.3 Å². The van der Waals surface area contributed by atoms with E-state index >= 15 is 0 Å². The molecule has 0 fully saturated rings. The van der Waals surface area contributed by atoms with E-state index in [1.165, 1.54) is 36.6 Å². The van der Waals surface area contributed by atoms with Crippen LogP contribution in [0.3, 0.4) is 0 Å². The van der Waals surface area contributed by atoms with Crippen LogP contribution in [0.1, 0.15) is 16.9 Å². The number of nitrogens with one attached hydrogen (secondary N) is 1. The number of nitrogens with zero attached hydrogens (tertiary/aromatic N) is 1. The van der Waals surface area contributed by atoms with Crippen LogP contribution >= 0.6 is 0 Å². The molecule has 0 bridgehead atoms. The highest BCUT2D eigenvalue weighted by atomic mass is 32.2. The van der Waals surface area contributed by atoms with Gasteiger partial charge in [0.15, 0.2) is 0 Å². The van der Waals surface area contributed by atoms with Crippen LogP contribution in [0.5, 0.6) is 0 Å². The number of hydrogen-bond donors (Lipinski definition) is 1. The van der Waals surface area contributed by atoms with Gasteiger partial charge in [0.1, 0.15) is 11.6 Å². The van der Waals surface area contributed by atoms with Gasteiger partial charge in [-0.15, -0.1) is 0 Å². The second kappa shape index (κ2) is 8.59. The first kappa shape index (κ1) is 20.8. The number of halogens is 1. The van der Waals surface area contributed by atoms with Crippen LogP contribution in [0.2, 0.25) is 0 Å². The fraction of sp³-hybridized carbons (Fsp3) is 0.190. The summed E-state index contributed by atoms with van der Waals surface area (Å²) in [5, 5.41) is 2.64. The SMILES string of the molecule is Cc1ccc(S(=O)(=O)N(CC(=O)Nc2ccc(F)cc2C)Cc2ccco2)cc1. The Kier molecular flexibility index (Phi) is 6.14. The number of carbonyl (C=O) groups is 1. The van der Waals surface area contributed by atoms with Crippen LogP contribution < -0.4 is 5.32 Å². The van der Waals surface area contributed by atoms with Gasteiger partial charge in [-0.2, -0.15) is 4.31 Å². The largest absolute Gasteiger partial charge is 0.468 e. The van der Waals surface area contributed by atoms with Crippen molar-refractivity contribution in [1.29, 1.82) is 0 Å². The first-order valence-corrected chi connectivity index (χ1v) is 10.3. The lowest BCUT2D eigenvalue weighted by Crippen LogP contribution is -2.37. The minimum Gasteiger partial charge on any atom is -0.468 e. The fourth-order valence-corrected chi connectivity index (χ4v) is 4.14. The second-order valence-electron chi connectivity index (χ2n) is 6.67. The van der Waals surface area contributed by atoms with E-state index in [1.807, 2.05) is 6.92 Å². The molecule has 0 saturated heterocycles. The molecule has 0 atom stereocenters. The fourth-order valence-electron chi connectivity index (χ4n) is 2.78. The number of amides is 1. The minimum absolute atomic E-state index is 0.0837. The summed E-state index contributed by atoms with van der Waals surface area (Å²) < 4.78 is 45.8. The molecule has 0 aliphatic rings. The Morgan fingerprint density at radius 3 is 2.45 bits per heavy atom. The smallest absolute Gasteiger partial charge is 0.243 e. The number of hydrogen-bond acceptors (Lipinski definition) is 4. The van der Waals surface area contributed by atoms with Crippen molar-refractivity contribution in [3.63, 3.8) is 0 Å². The number of anilines is 1. The van der Waals surface area contributed by atoms with Crippen molar-refractivity contribution in [2.45, 2.75) is 25.3 Å². The first-order chi connectivity index (χ1) is 13.8. The molecule has 0 spiro atoms. The van der Waals surface area contributed by atoms with Crippen LogP contribution in [0.25, 0.3) is 0 Å². The maximum atomic E-state index is 13.3. The zero-order valence-electron chi connectivity index (χ0n) is 16.1. The van der Waals surface area contributed by atoms with Gasteiger partial charge in [0.25, 0.3) is 0 Å². The molecule has 152 valence electrons. The van der Waals surface area contributed by atoms with Crippen molar-refractivity contribution in [2.75, 3.05) is 11.9 Å². The van der Waals surface area contributed by atoms with Crippen LogP contribution in [0, 0.1) is 19.7 Å². The van der Waals surface area contributed by atoms with Crippen LogP contribution in [0.15, 0.2) is 70.2 Å². The van der Waals surface area contributed by atoms with Crippen molar-refractivity contribution in [2.24, 2.45) is 0 Å². The average Bonchev–Trinajstić information content (AvgIpc) is 3.17. The highest BCUT2D eigenvalue weighted by Gasteiger charge is 2.28. The summed E-state index contributed by atoms with van der Waals surface area (Å²) in [6, 6.07) is 13.6. The number of rotatable bonds is 7. The normalized spacial score (nSPS) is 11.6. The molecule has 3 aromatic rings. The molecule has 1 heterocycles. The molecule has 1 amide bonds. The number of carbonyl (C=O) groups excluding carboxylic acids is 1. The third-order valence-electron chi connectivity index (χ3n) is 4.35. The molecule has 29 heavy (non-hydrogen) atoms. The predicted octanol–water partition coefficient (Wildman–Crippen LogP) is 3.87. The third kappa shape index (κ3) is 5.10. The molecule has 3 rings (SSSR count). The van der Waals surface area contributed by atoms with E-state index in [0.717, 1.165) is 9.87 Å². The zero-order valence-corrected chi connectivity index (χ0v) is 16.9. The van der Waals surface area contributed by atoms with Crippen molar-refractivity contribution in [3.8, 4) is 0 Å². The summed E-state index contributed by atoms with van der Waals surface area (Å²) in [5.74, 6) is -0.546. The molecular formula is C21H21FN2O4S. The summed E-state index contributed by atoms with van der Waals surface area (Å²) >= 11 is 0. The number of sulfonamides is 1. The molecule has 0 saturated carbocycles. The van der Waals surface area contributed by atoms with Gasteiger partial charge in [0, 0.05) is 5.69 Å². The summed E-state index contributed by atoms with van der Waals surface area (Å²) in [7, 11) is -3.95. The maximum Gasteiger partial charge on any atom is 0.243 e. The Bertz CT molecular complexity index is 1090. The van der Waals surface area contributed by atoms with Gasteiger partial charge in [-0.25, -0.2) is 12.8 Å². The van der Waals surface area contributed by atoms with Crippen molar-refractivity contribution < 1.29 is 22.0 Å². The number of furan rings is 1. The maximum absolute atomic E-state index is 13.3. The first-order valence-electron chi connectivity index (χ1n) is 8.91. The molecule has 0 aliphatic carbocycles. The lowest BCUT2D eigenvalue weighted by Gasteiger charge is -2.21. The summed E-state index contributed by atoms with van der Waals surface area (Å²) in [4.78, 5) is 12.7. The van der Waals surface area contributed by atoms with E-state index in [0.29, 0.717) is 17.0 Å². The quantitative estimate of drug-likeness (QED) is 0.634. The molecule has 6 nitrogen and oxygen atoms in total. The second-order valence-corrected chi connectivity index (χ2v) is 8.61. The average molecular weight is 416 g/mol. The van der Waals surface area contributed by atoms with Crippen molar-refractivity contribution >= 4 is 21.6 Å². The van der Waals surface area contributed by atoms with E-state index in [-0.39, 0.29) is 11.4 Å². The monoisotopic (exact) mass is 416 g/mol. The van der Waals surface area contributed by atoms with Gasteiger partial charge in [0.05, 0.1) is 24.2 Å². The molecule has 1 N–H and O–H groups in total. The van der Waals surface area contributed by atoms with Crippen molar-refractivity contribution in [3.05, 3.63) is 83.6 Å². The summed E-state index contributed by atoms with van der Waals surface area (Å²) in [6.45, 7) is 2.99. The molecule has 2 aromatic carbocycles. The zero-order chi connectivity index (χ0) is 21.0. The lowest BCUT2D eigenvalue weighted by atomic mass is 10.2. The standard InChI is InChI=1S/C21H21FN2O4S/c1-15-5-8-19(9-6-15)29(26,27)24(13-18-4-3-11-28-18)14-21(25)23-20-10-7-17(22)12-16(20)2/h3-12H,13-14H2,1-2H3,(H,23,25). The number of benzene rings is 2. The van der Waals surface area contributed by atoms with Crippen LogP contribution in [0.4, 0.5) is 10.1 Å². The van der Waals surface area contributed by atoms with Gasteiger partial charge in [-0.3, -0.25) is 4.79 Å². The molecular weight excluding hydrogens is 395 g/mol. The van der Waals surface area contributed by atoms with Gasteiger partial charge in [0.2, 0.25) is 15.9 Å². The Morgan fingerprint density at radius 2 is 1.83 bits per heavy atom. The van der Waals surface area contributed by atoms with Gasteiger partial charge in [-0.05, 0) is 61.9 Å². The number of aryl methyl sites for hydroxylation is 2. The highest BCUT2D eigenvalue weighted by molar-refractivity contribution is 7.89.